The molecule has 0 radical (unpaired) electrons. The van der Waals surface area contributed by atoms with Gasteiger partial charge >= 0.3 is 0 Å². The van der Waals surface area contributed by atoms with Crippen LogP contribution in [0.2, 0.25) is 0 Å². The summed E-state index contributed by atoms with van der Waals surface area (Å²) in [5.41, 5.74) is 0. The van der Waals surface area contributed by atoms with Crippen LogP contribution in [0.1, 0.15) is 12.8 Å². The zero-order valence-corrected chi connectivity index (χ0v) is 7.25. The zero-order valence-electron chi connectivity index (χ0n) is 7.25. The van der Waals surface area contributed by atoms with Crippen molar-refractivity contribution in [3.63, 3.8) is 0 Å². The fourth-order valence-electron chi connectivity index (χ4n) is 1.77. The van der Waals surface area contributed by atoms with Gasteiger partial charge in [0.25, 0.3) is 0 Å². The molecule has 2 aliphatic rings. The van der Waals surface area contributed by atoms with Crippen LogP contribution in [0, 0.1) is 5.41 Å². The van der Waals surface area contributed by atoms with Crippen LogP contribution in [-0.2, 0) is 4.74 Å². The summed E-state index contributed by atoms with van der Waals surface area (Å²) in [5.74, 6) is 0.775. The Morgan fingerprint density at radius 3 is 2.50 bits per heavy atom. The number of nitrogens with zero attached hydrogens (tertiary/aromatic N) is 2. The third-order valence-electron chi connectivity index (χ3n) is 2.42. The summed E-state index contributed by atoms with van der Waals surface area (Å²) in [6.07, 6.45) is 2.08. The molecular weight excluding hydrogens is 154 g/mol. The zero-order chi connectivity index (χ0) is 8.39. The van der Waals surface area contributed by atoms with Gasteiger partial charge in [0, 0.05) is 26.1 Å². The lowest BCUT2D eigenvalue weighted by Gasteiger charge is -2.35. The van der Waals surface area contributed by atoms with Gasteiger partial charge in [0.1, 0.15) is 5.84 Å². The van der Waals surface area contributed by atoms with Crippen molar-refractivity contribution in [3.05, 3.63) is 0 Å². The van der Waals surface area contributed by atoms with E-state index in [9.17, 15) is 0 Å². The first kappa shape index (κ1) is 8.01. The molecule has 2 aliphatic heterocycles. The van der Waals surface area contributed by atoms with E-state index in [1.165, 1.54) is 0 Å². The van der Waals surface area contributed by atoms with Crippen molar-refractivity contribution in [3.8, 4) is 0 Å². The number of rotatable bonds is 1. The lowest BCUT2D eigenvalue weighted by atomic mass is 10.4. The number of morpholine rings is 1. The summed E-state index contributed by atoms with van der Waals surface area (Å²) in [7, 11) is 0. The van der Waals surface area contributed by atoms with Crippen LogP contribution in [0.5, 0.6) is 0 Å². The van der Waals surface area contributed by atoms with E-state index in [1.54, 1.807) is 0 Å². The molecule has 68 valence electrons. The minimum atomic E-state index is 0.775. The van der Waals surface area contributed by atoms with Gasteiger partial charge in [0.05, 0.1) is 13.2 Å². The fraction of sp³-hybridized carbons (Fsp3) is 0.875. The molecule has 0 atom stereocenters. The van der Waals surface area contributed by atoms with E-state index in [4.69, 9.17) is 10.1 Å². The van der Waals surface area contributed by atoms with Crippen molar-refractivity contribution >= 4 is 5.84 Å². The molecule has 12 heavy (non-hydrogen) atoms. The summed E-state index contributed by atoms with van der Waals surface area (Å²) >= 11 is 0. The van der Waals surface area contributed by atoms with Gasteiger partial charge in [-0.15, -0.1) is 0 Å². The van der Waals surface area contributed by atoms with Crippen molar-refractivity contribution in [2.75, 3.05) is 32.8 Å². The molecular formula is C8H15N3O. The van der Waals surface area contributed by atoms with Crippen LogP contribution in [0.4, 0.5) is 0 Å². The van der Waals surface area contributed by atoms with E-state index in [2.05, 4.69) is 10.0 Å². The average Bonchev–Trinajstić information content (AvgIpc) is 2.53. The molecule has 2 heterocycles. The molecule has 0 saturated carbocycles. The van der Waals surface area contributed by atoms with Gasteiger partial charge in [0.15, 0.2) is 0 Å². The summed E-state index contributed by atoms with van der Waals surface area (Å²) in [5, 5.41) is 12.0. The maximum Gasteiger partial charge on any atom is 0.110 e. The Kier molecular flexibility index (Phi) is 2.28. The first-order valence-electron chi connectivity index (χ1n) is 4.55. The highest BCUT2D eigenvalue weighted by molar-refractivity contribution is 5.80. The van der Waals surface area contributed by atoms with Gasteiger partial charge in [0.2, 0.25) is 0 Å². The van der Waals surface area contributed by atoms with E-state index < -0.39 is 0 Å². The molecule has 0 spiro atoms. The van der Waals surface area contributed by atoms with Crippen molar-refractivity contribution in [2.45, 2.75) is 12.8 Å². The number of amidine groups is 1. The van der Waals surface area contributed by atoms with E-state index in [0.29, 0.717) is 0 Å². The molecule has 0 bridgehead atoms. The second-order valence-corrected chi connectivity index (χ2v) is 3.24. The molecule has 2 saturated heterocycles. The lowest BCUT2D eigenvalue weighted by molar-refractivity contribution is -0.0457. The summed E-state index contributed by atoms with van der Waals surface area (Å²) in [6.45, 7) is 4.54. The highest BCUT2D eigenvalue weighted by Gasteiger charge is 2.24. The summed E-state index contributed by atoms with van der Waals surface area (Å²) < 4.78 is 5.26. The quantitative estimate of drug-likeness (QED) is 0.614. The van der Waals surface area contributed by atoms with Crippen molar-refractivity contribution in [1.82, 2.24) is 10.0 Å². The minimum absolute atomic E-state index is 0.775. The second kappa shape index (κ2) is 3.41. The highest BCUT2D eigenvalue weighted by Crippen LogP contribution is 2.14. The third-order valence-corrected chi connectivity index (χ3v) is 2.42. The van der Waals surface area contributed by atoms with E-state index in [1.807, 2.05) is 0 Å². The topological polar surface area (TPSA) is 39.6 Å². The van der Waals surface area contributed by atoms with Crippen LogP contribution in [0.25, 0.3) is 0 Å². The maximum absolute atomic E-state index is 7.69. The van der Waals surface area contributed by atoms with Gasteiger partial charge in [-0.3, -0.25) is 10.4 Å². The minimum Gasteiger partial charge on any atom is -0.379 e. The van der Waals surface area contributed by atoms with Gasteiger partial charge in [-0.2, -0.15) is 0 Å². The predicted octanol–water partition coefficient (Wildman–Crippen LogP) is 0.307. The number of nitrogens with one attached hydrogen (secondary N) is 1. The Balaban J connectivity index is 1.93. The van der Waals surface area contributed by atoms with Crippen molar-refractivity contribution < 1.29 is 4.74 Å². The van der Waals surface area contributed by atoms with Gasteiger partial charge in [-0.1, -0.05) is 0 Å². The molecule has 4 heteroatoms. The Morgan fingerprint density at radius 2 is 1.92 bits per heavy atom. The normalized spacial score (nSPS) is 26.7. The van der Waals surface area contributed by atoms with Crippen molar-refractivity contribution in [2.24, 2.45) is 0 Å². The molecule has 0 aromatic heterocycles. The average molecular weight is 169 g/mol. The Morgan fingerprint density at radius 1 is 1.17 bits per heavy atom. The summed E-state index contributed by atoms with van der Waals surface area (Å²) in [6, 6.07) is 0. The molecule has 0 aliphatic carbocycles. The third kappa shape index (κ3) is 1.44. The maximum atomic E-state index is 7.69. The molecule has 1 N–H and O–H groups in total. The smallest absolute Gasteiger partial charge is 0.110 e. The van der Waals surface area contributed by atoms with Crippen molar-refractivity contribution in [1.29, 1.82) is 5.41 Å². The molecule has 2 fully saturated rings. The first-order valence-corrected chi connectivity index (χ1v) is 4.55. The molecule has 2 rings (SSSR count). The SMILES string of the molecule is N=C1CCCN1N1CCOCC1. The molecule has 4 nitrogen and oxygen atoms in total. The van der Waals surface area contributed by atoms with Crippen LogP contribution in [0.15, 0.2) is 0 Å². The van der Waals surface area contributed by atoms with Gasteiger partial charge < -0.3 is 4.74 Å². The van der Waals surface area contributed by atoms with E-state index in [-0.39, 0.29) is 0 Å². The highest BCUT2D eigenvalue weighted by atomic mass is 16.5. The number of hydrazine groups is 1. The standard InChI is InChI=1S/C8H15N3O/c9-8-2-1-3-11(8)10-4-6-12-7-5-10/h9H,1-7H2. The molecule has 0 amide bonds. The molecule has 0 unspecified atom stereocenters. The van der Waals surface area contributed by atoms with Crippen LogP contribution < -0.4 is 0 Å². The lowest BCUT2D eigenvalue weighted by Crippen LogP contribution is -2.49. The van der Waals surface area contributed by atoms with E-state index >= 15 is 0 Å². The number of hydrogen-bond donors (Lipinski definition) is 1. The molecule has 0 aromatic rings. The first-order chi connectivity index (χ1) is 5.88. The van der Waals surface area contributed by atoms with Crippen LogP contribution in [-0.4, -0.2) is 48.7 Å². The summed E-state index contributed by atoms with van der Waals surface area (Å²) in [4.78, 5) is 0. The Labute approximate surface area is 72.6 Å². The van der Waals surface area contributed by atoms with Gasteiger partial charge in [-0.05, 0) is 6.42 Å². The Bertz CT molecular complexity index is 177. The monoisotopic (exact) mass is 169 g/mol. The van der Waals surface area contributed by atoms with Crippen LogP contribution >= 0.6 is 0 Å². The second-order valence-electron chi connectivity index (χ2n) is 3.24. The number of ether oxygens (including phenoxy) is 1. The van der Waals surface area contributed by atoms with Crippen LogP contribution in [0.3, 0.4) is 0 Å². The fourth-order valence-corrected chi connectivity index (χ4v) is 1.77. The Hall–Kier alpha value is -0.610. The molecule has 0 aromatic carbocycles. The number of hydrogen-bond acceptors (Lipinski definition) is 3. The van der Waals surface area contributed by atoms with Gasteiger partial charge in [-0.25, -0.2) is 5.01 Å². The van der Waals surface area contributed by atoms with E-state index in [0.717, 1.165) is 51.5 Å². The predicted molar refractivity (Wildman–Crippen MR) is 46.1 cm³/mol. The largest absolute Gasteiger partial charge is 0.379 e.